The van der Waals surface area contributed by atoms with E-state index < -0.39 is 10.0 Å². The predicted octanol–water partition coefficient (Wildman–Crippen LogP) is 6.12. The minimum atomic E-state index is -3.68. The van der Waals surface area contributed by atoms with Gasteiger partial charge in [0.25, 0.3) is 5.91 Å². The van der Waals surface area contributed by atoms with Gasteiger partial charge < -0.3 is 10.1 Å². The maximum absolute atomic E-state index is 13.5. The molecule has 9 heteroatoms. The number of hydrogen-bond donors (Lipinski definition) is 1. The lowest BCUT2D eigenvalue weighted by Crippen LogP contribution is -2.49. The van der Waals surface area contributed by atoms with Crippen LogP contribution in [-0.4, -0.2) is 56.3 Å². The van der Waals surface area contributed by atoms with Crippen molar-refractivity contribution in [1.82, 2.24) is 9.21 Å². The van der Waals surface area contributed by atoms with Gasteiger partial charge in [-0.3, -0.25) is 9.69 Å². The molecule has 1 fully saturated rings. The van der Waals surface area contributed by atoms with E-state index >= 15 is 0 Å². The smallest absolute Gasteiger partial charge is 0.262 e. The first-order chi connectivity index (χ1) is 20.3. The lowest BCUT2D eigenvalue weighted by Gasteiger charge is -2.39. The Hall–Kier alpha value is -3.50. The van der Waals surface area contributed by atoms with Crippen LogP contribution in [0.2, 0.25) is 0 Å². The number of amides is 1. The third kappa shape index (κ3) is 7.10. The molecule has 42 heavy (non-hydrogen) atoms. The van der Waals surface area contributed by atoms with E-state index in [0.29, 0.717) is 37.6 Å². The Kier molecular flexibility index (Phi) is 9.74. The number of hydrogen-bond acceptors (Lipinski definition) is 5. The van der Waals surface area contributed by atoms with Crippen LogP contribution in [0.25, 0.3) is 0 Å². The normalized spacial score (nSPS) is 14.5. The van der Waals surface area contributed by atoms with Gasteiger partial charge in [0.05, 0.1) is 15.4 Å². The molecule has 0 aliphatic carbocycles. The number of ether oxygens (including phenoxy) is 1. The van der Waals surface area contributed by atoms with Crippen LogP contribution < -0.4 is 10.1 Å². The molecule has 1 aliphatic rings. The molecule has 1 heterocycles. The van der Waals surface area contributed by atoms with E-state index in [4.69, 9.17) is 4.74 Å². The molecule has 4 aromatic carbocycles. The number of halogens is 1. The van der Waals surface area contributed by atoms with E-state index in [1.807, 2.05) is 54.6 Å². The van der Waals surface area contributed by atoms with E-state index in [-0.39, 0.29) is 23.5 Å². The zero-order valence-electron chi connectivity index (χ0n) is 23.4. The summed E-state index contributed by atoms with van der Waals surface area (Å²) in [5.74, 6) is 0.252. The summed E-state index contributed by atoms with van der Waals surface area (Å²) in [6, 6.07) is 32.7. The zero-order valence-corrected chi connectivity index (χ0v) is 25.9. The Balaban J connectivity index is 1.19. The van der Waals surface area contributed by atoms with Gasteiger partial charge in [0.1, 0.15) is 5.75 Å². The van der Waals surface area contributed by atoms with Gasteiger partial charge in [-0.2, -0.15) is 4.31 Å². The highest BCUT2D eigenvalue weighted by atomic mass is 79.9. The molecule has 1 aliphatic heterocycles. The van der Waals surface area contributed by atoms with Gasteiger partial charge in [0.15, 0.2) is 6.61 Å². The Bertz CT molecular complexity index is 1550. The number of carbonyl (C=O) groups excluding carboxylic acids is 1. The van der Waals surface area contributed by atoms with Crippen molar-refractivity contribution in [2.45, 2.75) is 24.3 Å². The number of anilines is 1. The maximum Gasteiger partial charge on any atom is 0.262 e. The summed E-state index contributed by atoms with van der Waals surface area (Å²) < 4.78 is 34.9. The molecule has 0 unspecified atom stereocenters. The molecule has 218 valence electrons. The second kappa shape index (κ2) is 13.6. The average molecular weight is 649 g/mol. The van der Waals surface area contributed by atoms with Crippen molar-refractivity contribution >= 4 is 37.5 Å². The first-order valence-electron chi connectivity index (χ1n) is 14.0. The fourth-order valence-corrected chi connectivity index (χ4v) is 7.13. The summed E-state index contributed by atoms with van der Waals surface area (Å²) in [6.45, 7) is 3.91. The predicted molar refractivity (Wildman–Crippen MR) is 169 cm³/mol. The number of nitrogens with one attached hydrogen (secondary N) is 1. The fraction of sp³-hybridized carbons (Fsp3) is 0.242. The highest BCUT2D eigenvalue weighted by Gasteiger charge is 2.32. The SMILES string of the molecule is CCc1ccc(OCC(=O)Nc2ccc(S(=O)(=O)N3CCN(C(c4ccccc4)c4ccccc4)CC3)cc2)c(Br)c1. The van der Waals surface area contributed by atoms with Crippen LogP contribution in [0, 0.1) is 0 Å². The van der Waals surface area contributed by atoms with E-state index in [1.54, 1.807) is 16.4 Å². The van der Waals surface area contributed by atoms with Gasteiger partial charge in [0.2, 0.25) is 10.0 Å². The van der Waals surface area contributed by atoms with Gasteiger partial charge in [-0.25, -0.2) is 8.42 Å². The topological polar surface area (TPSA) is 78.9 Å². The van der Waals surface area contributed by atoms with Crippen LogP contribution in [0.4, 0.5) is 5.69 Å². The number of sulfonamides is 1. The third-order valence-corrected chi connectivity index (χ3v) is 9.94. The molecule has 0 atom stereocenters. The van der Waals surface area contributed by atoms with Gasteiger partial charge >= 0.3 is 0 Å². The van der Waals surface area contributed by atoms with Crippen LogP contribution in [0.3, 0.4) is 0 Å². The van der Waals surface area contributed by atoms with Crippen molar-refractivity contribution < 1.29 is 17.9 Å². The van der Waals surface area contributed by atoms with E-state index in [0.717, 1.165) is 10.9 Å². The Morgan fingerprint density at radius 1 is 0.857 bits per heavy atom. The molecule has 0 spiro atoms. The molecule has 7 nitrogen and oxygen atoms in total. The Labute approximate surface area is 256 Å². The third-order valence-electron chi connectivity index (χ3n) is 7.41. The molecule has 0 bridgehead atoms. The molecule has 1 amide bonds. The minimum absolute atomic E-state index is 0.0564. The van der Waals surface area contributed by atoms with E-state index in [9.17, 15) is 13.2 Å². The Morgan fingerprint density at radius 2 is 1.45 bits per heavy atom. The number of piperazine rings is 1. The monoisotopic (exact) mass is 647 g/mol. The van der Waals surface area contributed by atoms with E-state index in [1.165, 1.54) is 28.8 Å². The number of rotatable bonds is 10. The van der Waals surface area contributed by atoms with Crippen LogP contribution in [0.1, 0.15) is 29.7 Å². The second-order valence-corrected chi connectivity index (χ2v) is 12.9. The molecule has 1 saturated heterocycles. The lowest BCUT2D eigenvalue weighted by atomic mass is 9.96. The highest BCUT2D eigenvalue weighted by Crippen LogP contribution is 2.31. The van der Waals surface area contributed by atoms with Gasteiger partial charge in [-0.05, 0) is 75.4 Å². The van der Waals surface area contributed by atoms with Crippen molar-refractivity contribution in [3.05, 3.63) is 124 Å². The van der Waals surface area contributed by atoms with Crippen LogP contribution in [-0.2, 0) is 21.2 Å². The molecule has 0 saturated carbocycles. The van der Waals surface area contributed by atoms with E-state index in [2.05, 4.69) is 57.3 Å². The summed E-state index contributed by atoms with van der Waals surface area (Å²) in [6.07, 6.45) is 0.907. The highest BCUT2D eigenvalue weighted by molar-refractivity contribution is 9.10. The number of benzene rings is 4. The number of aryl methyl sites for hydroxylation is 1. The molecule has 5 rings (SSSR count). The standard InChI is InChI=1S/C33H34BrN3O4S/c1-2-25-13-18-31(30(34)23-25)41-24-32(38)35-28-14-16-29(17-15-28)42(39,40)37-21-19-36(20-22-37)33(26-9-5-3-6-10-26)27-11-7-4-8-12-27/h3-18,23,33H,2,19-22,24H2,1H3,(H,35,38). The van der Waals surface area contributed by atoms with Crippen molar-refractivity contribution in [3.8, 4) is 5.75 Å². The quantitative estimate of drug-likeness (QED) is 0.224. The summed E-state index contributed by atoms with van der Waals surface area (Å²) in [5, 5.41) is 2.77. The molecule has 1 N–H and O–H groups in total. The summed E-state index contributed by atoms with van der Waals surface area (Å²) in [7, 11) is -3.68. The fourth-order valence-electron chi connectivity index (χ4n) is 5.17. The molecule has 0 radical (unpaired) electrons. The Morgan fingerprint density at radius 3 is 2.00 bits per heavy atom. The second-order valence-electron chi connectivity index (χ2n) is 10.1. The average Bonchev–Trinajstić information content (AvgIpc) is 3.02. The molecule has 0 aromatic heterocycles. The van der Waals surface area contributed by atoms with Crippen LogP contribution in [0.15, 0.2) is 112 Å². The van der Waals surface area contributed by atoms with Gasteiger partial charge in [0, 0.05) is 31.9 Å². The molecular formula is C33H34BrN3O4S. The summed E-state index contributed by atoms with van der Waals surface area (Å²) >= 11 is 3.48. The lowest BCUT2D eigenvalue weighted by molar-refractivity contribution is -0.118. The zero-order chi connectivity index (χ0) is 29.5. The van der Waals surface area contributed by atoms with Crippen LogP contribution in [0.5, 0.6) is 5.75 Å². The number of carbonyl (C=O) groups is 1. The summed E-state index contributed by atoms with van der Waals surface area (Å²) in [4.78, 5) is 15.0. The molecular weight excluding hydrogens is 614 g/mol. The van der Waals surface area contributed by atoms with Crippen molar-refractivity contribution in [1.29, 1.82) is 0 Å². The van der Waals surface area contributed by atoms with Crippen molar-refractivity contribution in [2.24, 2.45) is 0 Å². The summed E-state index contributed by atoms with van der Waals surface area (Å²) in [5.41, 5.74) is 4.04. The molecule has 4 aromatic rings. The van der Waals surface area contributed by atoms with Gasteiger partial charge in [-0.15, -0.1) is 0 Å². The maximum atomic E-state index is 13.5. The first kappa shape index (κ1) is 30.0. The van der Waals surface area contributed by atoms with Crippen LogP contribution >= 0.6 is 15.9 Å². The first-order valence-corrected chi connectivity index (χ1v) is 16.2. The minimum Gasteiger partial charge on any atom is -0.483 e. The largest absolute Gasteiger partial charge is 0.483 e. The van der Waals surface area contributed by atoms with Crippen molar-refractivity contribution in [3.63, 3.8) is 0 Å². The van der Waals surface area contributed by atoms with Crippen molar-refractivity contribution in [2.75, 3.05) is 38.1 Å². The number of nitrogens with zero attached hydrogens (tertiary/aromatic N) is 2. The van der Waals surface area contributed by atoms with Gasteiger partial charge in [-0.1, -0.05) is 73.7 Å².